The highest BCUT2D eigenvalue weighted by Crippen LogP contribution is 2.36. The number of amides is 2. The van der Waals surface area contributed by atoms with Crippen molar-refractivity contribution in [2.24, 2.45) is 0 Å². The van der Waals surface area contributed by atoms with Gasteiger partial charge in [0.15, 0.2) is 0 Å². The lowest BCUT2D eigenvalue weighted by Crippen LogP contribution is -2.54. The summed E-state index contributed by atoms with van der Waals surface area (Å²) in [7, 11) is -1.47. The Morgan fingerprint density at radius 1 is 0.929 bits per heavy atom. The molecule has 0 aliphatic rings. The van der Waals surface area contributed by atoms with E-state index in [1.165, 1.54) is 37.3 Å². The summed E-state index contributed by atoms with van der Waals surface area (Å²) in [6, 6.07) is 16.2. The molecular weight excluding hydrogens is 601 g/mol. The van der Waals surface area contributed by atoms with Crippen LogP contribution in [0, 0.1) is 0 Å². The van der Waals surface area contributed by atoms with Crippen molar-refractivity contribution in [2.45, 2.75) is 50.7 Å². The Morgan fingerprint density at radius 2 is 1.55 bits per heavy atom. The van der Waals surface area contributed by atoms with Crippen molar-refractivity contribution in [3.63, 3.8) is 0 Å². The van der Waals surface area contributed by atoms with Crippen LogP contribution in [0.5, 0.6) is 11.5 Å². The van der Waals surface area contributed by atoms with E-state index >= 15 is 0 Å². The predicted molar refractivity (Wildman–Crippen MR) is 165 cm³/mol. The lowest BCUT2D eigenvalue weighted by atomic mass is 10.1. The molecule has 0 saturated heterocycles. The van der Waals surface area contributed by atoms with Crippen LogP contribution in [-0.4, -0.2) is 57.5 Å². The van der Waals surface area contributed by atoms with E-state index in [4.69, 9.17) is 32.7 Å². The lowest BCUT2D eigenvalue weighted by Gasteiger charge is -2.34. The number of anilines is 1. The molecule has 1 atom stereocenters. The van der Waals surface area contributed by atoms with Crippen LogP contribution in [0.2, 0.25) is 10.0 Å². The molecule has 12 heteroatoms. The monoisotopic (exact) mass is 635 g/mol. The quantitative estimate of drug-likeness (QED) is 0.297. The highest BCUT2D eigenvalue weighted by atomic mass is 35.5. The van der Waals surface area contributed by atoms with Crippen molar-refractivity contribution < 1.29 is 27.5 Å². The van der Waals surface area contributed by atoms with Crippen LogP contribution in [0.25, 0.3) is 0 Å². The number of carbonyl (C=O) groups is 2. The molecule has 0 spiro atoms. The summed E-state index contributed by atoms with van der Waals surface area (Å²) >= 11 is 12.9. The molecule has 0 saturated carbocycles. The van der Waals surface area contributed by atoms with E-state index in [1.807, 2.05) is 20.8 Å². The predicted octanol–water partition coefficient (Wildman–Crippen LogP) is 5.54. The Kier molecular flexibility index (Phi) is 10.8. The van der Waals surface area contributed by atoms with Gasteiger partial charge in [-0.05, 0) is 64.1 Å². The fraction of sp³-hybridized carbons (Fsp3) is 0.333. The molecule has 0 aliphatic heterocycles. The molecule has 0 bridgehead atoms. The number of nitrogens with zero attached hydrogens (tertiary/aromatic N) is 2. The molecule has 3 aromatic rings. The number of hydrogen-bond acceptors (Lipinski definition) is 6. The van der Waals surface area contributed by atoms with Crippen LogP contribution in [0.4, 0.5) is 5.69 Å². The topological polar surface area (TPSA) is 105 Å². The van der Waals surface area contributed by atoms with Gasteiger partial charge in [-0.2, -0.15) is 0 Å². The van der Waals surface area contributed by atoms with Crippen molar-refractivity contribution in [1.82, 2.24) is 10.2 Å². The van der Waals surface area contributed by atoms with Gasteiger partial charge in [-0.15, -0.1) is 0 Å². The Balaban J connectivity index is 2.16. The van der Waals surface area contributed by atoms with E-state index in [0.717, 1.165) is 4.31 Å². The minimum Gasteiger partial charge on any atom is -0.497 e. The third-order valence-corrected chi connectivity index (χ3v) is 8.80. The van der Waals surface area contributed by atoms with E-state index in [1.54, 1.807) is 55.5 Å². The van der Waals surface area contributed by atoms with E-state index in [9.17, 15) is 18.0 Å². The molecule has 226 valence electrons. The fourth-order valence-corrected chi connectivity index (χ4v) is 6.09. The number of methoxy groups -OCH3 is 2. The summed E-state index contributed by atoms with van der Waals surface area (Å²) < 4.78 is 39.9. The molecule has 0 unspecified atom stereocenters. The number of halogens is 2. The summed E-state index contributed by atoms with van der Waals surface area (Å²) in [6.45, 7) is 6.19. The van der Waals surface area contributed by atoms with Gasteiger partial charge in [-0.25, -0.2) is 8.42 Å². The molecule has 0 fully saturated rings. The van der Waals surface area contributed by atoms with Gasteiger partial charge in [-0.3, -0.25) is 13.9 Å². The maximum absolute atomic E-state index is 14.2. The van der Waals surface area contributed by atoms with Crippen molar-refractivity contribution in [1.29, 1.82) is 0 Å². The zero-order chi connectivity index (χ0) is 31.2. The highest BCUT2D eigenvalue weighted by Gasteiger charge is 2.35. The van der Waals surface area contributed by atoms with Crippen LogP contribution in [0.1, 0.15) is 33.3 Å². The van der Waals surface area contributed by atoms with Crippen molar-refractivity contribution in [3.8, 4) is 11.5 Å². The van der Waals surface area contributed by atoms with Crippen LogP contribution < -0.4 is 19.1 Å². The third kappa shape index (κ3) is 7.87. The van der Waals surface area contributed by atoms with Gasteiger partial charge in [0.1, 0.15) is 24.1 Å². The molecule has 42 heavy (non-hydrogen) atoms. The van der Waals surface area contributed by atoms with Gasteiger partial charge in [0.05, 0.1) is 24.8 Å². The van der Waals surface area contributed by atoms with Crippen molar-refractivity contribution in [3.05, 3.63) is 82.3 Å². The van der Waals surface area contributed by atoms with E-state index < -0.39 is 40.0 Å². The van der Waals surface area contributed by atoms with E-state index in [-0.39, 0.29) is 22.9 Å². The zero-order valence-electron chi connectivity index (χ0n) is 24.4. The van der Waals surface area contributed by atoms with Crippen molar-refractivity contribution in [2.75, 3.05) is 25.1 Å². The molecule has 9 nitrogen and oxygen atoms in total. The van der Waals surface area contributed by atoms with Gasteiger partial charge in [0, 0.05) is 33.8 Å². The van der Waals surface area contributed by atoms with Crippen LogP contribution in [-0.2, 0) is 26.2 Å². The van der Waals surface area contributed by atoms with Crippen LogP contribution in [0.3, 0.4) is 0 Å². The summed E-state index contributed by atoms with van der Waals surface area (Å²) in [4.78, 5) is 28.7. The first-order chi connectivity index (χ1) is 19.7. The second-order valence-corrected chi connectivity index (χ2v) is 13.2. The molecule has 0 aliphatic carbocycles. The molecular formula is C30H35Cl2N3O6S. The number of nitrogens with one attached hydrogen (secondary N) is 1. The first-order valence-corrected chi connectivity index (χ1v) is 15.2. The summed E-state index contributed by atoms with van der Waals surface area (Å²) in [5.74, 6) is -0.561. The van der Waals surface area contributed by atoms with Gasteiger partial charge < -0.3 is 19.7 Å². The number of hydrogen-bond donors (Lipinski definition) is 1. The van der Waals surface area contributed by atoms with E-state index in [2.05, 4.69) is 5.32 Å². The number of rotatable bonds is 11. The van der Waals surface area contributed by atoms with Crippen LogP contribution >= 0.6 is 23.2 Å². The molecule has 0 radical (unpaired) electrons. The molecule has 0 heterocycles. The molecule has 3 rings (SSSR count). The first kappa shape index (κ1) is 33.0. The number of benzene rings is 3. The first-order valence-electron chi connectivity index (χ1n) is 13.0. The van der Waals surface area contributed by atoms with Gasteiger partial charge in [0.2, 0.25) is 11.8 Å². The normalized spacial score (nSPS) is 12.3. The highest BCUT2D eigenvalue weighted by molar-refractivity contribution is 7.92. The minimum atomic E-state index is -4.31. The summed E-state index contributed by atoms with van der Waals surface area (Å²) in [5, 5.41) is 3.47. The van der Waals surface area contributed by atoms with Gasteiger partial charge in [0.25, 0.3) is 10.0 Å². The second kappa shape index (κ2) is 13.7. The molecule has 2 amide bonds. The van der Waals surface area contributed by atoms with Gasteiger partial charge in [-0.1, -0.05) is 47.5 Å². The van der Waals surface area contributed by atoms with Crippen molar-refractivity contribution >= 4 is 50.7 Å². The maximum atomic E-state index is 14.2. The van der Waals surface area contributed by atoms with E-state index in [0.29, 0.717) is 21.4 Å². The average Bonchev–Trinajstić information content (AvgIpc) is 2.94. The number of ether oxygens (including phenoxy) is 2. The SMILES string of the molecule is COc1ccc(OC)c(N(CC(=O)N(Cc2c(Cl)cccc2Cl)[C@@H](C)C(=O)NC(C)(C)C)S(=O)(=O)c2ccccc2)c1. The third-order valence-electron chi connectivity index (χ3n) is 6.32. The van der Waals surface area contributed by atoms with Crippen LogP contribution in [0.15, 0.2) is 71.6 Å². The molecule has 0 aromatic heterocycles. The Labute approximate surface area is 257 Å². The fourth-order valence-electron chi connectivity index (χ4n) is 4.14. The largest absolute Gasteiger partial charge is 0.497 e. The molecule has 1 N–H and O–H groups in total. The lowest BCUT2D eigenvalue weighted by molar-refractivity contribution is -0.140. The number of carbonyl (C=O) groups excluding carboxylic acids is 2. The smallest absolute Gasteiger partial charge is 0.264 e. The standard InChI is InChI=1S/C30H35Cl2N3O6S/c1-20(29(37)33-30(2,3)4)34(18-23-24(31)13-10-14-25(23)32)28(36)19-35(42(38,39)22-11-8-7-9-12-22)26-17-21(40-5)15-16-27(26)41-6/h7-17,20H,18-19H2,1-6H3,(H,33,37)/t20-/m0/s1. The Hall–Kier alpha value is -3.47. The number of sulfonamides is 1. The summed E-state index contributed by atoms with van der Waals surface area (Å²) in [6.07, 6.45) is 0. The zero-order valence-corrected chi connectivity index (χ0v) is 26.7. The summed E-state index contributed by atoms with van der Waals surface area (Å²) in [5.41, 5.74) is -0.0868. The Morgan fingerprint density at radius 3 is 2.10 bits per heavy atom. The average molecular weight is 637 g/mol. The minimum absolute atomic E-state index is 0.0399. The maximum Gasteiger partial charge on any atom is 0.264 e. The van der Waals surface area contributed by atoms with Gasteiger partial charge >= 0.3 is 0 Å². The second-order valence-electron chi connectivity index (χ2n) is 10.5. The molecule has 3 aromatic carbocycles. The Bertz CT molecular complexity index is 1510.